The third-order valence-electron chi connectivity index (χ3n) is 3.81. The fourth-order valence-corrected chi connectivity index (χ4v) is 3.52. The van der Waals surface area contributed by atoms with Gasteiger partial charge in [-0.3, -0.25) is 10.1 Å². The first-order valence-corrected chi connectivity index (χ1v) is 9.79. The number of rotatable bonds is 7. The molecule has 1 amide bonds. The molecular weight excluding hydrogens is 358 g/mol. The summed E-state index contributed by atoms with van der Waals surface area (Å²) in [4.78, 5) is 13.4. The number of carbonyl (C=O) groups excluding carboxylic acids is 1. The van der Waals surface area contributed by atoms with Gasteiger partial charge in [-0.25, -0.2) is 0 Å². The first-order chi connectivity index (χ1) is 13.0. The van der Waals surface area contributed by atoms with E-state index >= 15 is 0 Å². The Morgan fingerprint density at radius 3 is 2.59 bits per heavy atom. The first kappa shape index (κ1) is 19.2. The maximum Gasteiger partial charge on any atom is 0.322 e. The SMILES string of the molecule is Cc1cccc(CC(=O)Nc2nnc(Cc3ccc(SC(C)C)cc3)o2)c1. The van der Waals surface area contributed by atoms with Crippen LogP contribution >= 0.6 is 11.8 Å². The quantitative estimate of drug-likeness (QED) is 0.603. The number of carbonyl (C=O) groups is 1. The molecular formula is C21H23N3O2S. The van der Waals surface area contributed by atoms with Crippen LogP contribution in [0.2, 0.25) is 0 Å². The summed E-state index contributed by atoms with van der Waals surface area (Å²) in [7, 11) is 0. The van der Waals surface area contributed by atoms with Gasteiger partial charge in [0.25, 0.3) is 0 Å². The number of nitrogens with zero attached hydrogens (tertiary/aromatic N) is 2. The molecule has 6 heteroatoms. The van der Waals surface area contributed by atoms with Crippen molar-refractivity contribution in [3.63, 3.8) is 0 Å². The van der Waals surface area contributed by atoms with Gasteiger partial charge in [-0.2, -0.15) is 0 Å². The molecule has 0 bridgehead atoms. The number of amides is 1. The molecule has 1 heterocycles. The number of hydrogen-bond acceptors (Lipinski definition) is 5. The standard InChI is InChI=1S/C21H23N3O2S/c1-14(2)27-18-9-7-16(8-10-18)13-20-23-24-21(26-20)22-19(25)12-17-6-4-5-15(3)11-17/h4-11,14H,12-13H2,1-3H3,(H,22,24,25). The normalized spacial score (nSPS) is 11.0. The lowest BCUT2D eigenvalue weighted by Gasteiger charge is -2.05. The minimum absolute atomic E-state index is 0.134. The van der Waals surface area contributed by atoms with Gasteiger partial charge in [0, 0.05) is 10.1 Å². The Hall–Kier alpha value is -2.60. The Morgan fingerprint density at radius 2 is 1.89 bits per heavy atom. The number of anilines is 1. The van der Waals surface area contributed by atoms with Crippen LogP contribution in [0.3, 0.4) is 0 Å². The number of aryl methyl sites for hydroxylation is 1. The summed E-state index contributed by atoms with van der Waals surface area (Å²) in [5, 5.41) is 11.2. The zero-order valence-electron chi connectivity index (χ0n) is 15.7. The van der Waals surface area contributed by atoms with E-state index in [0.29, 0.717) is 17.6 Å². The van der Waals surface area contributed by atoms with Crippen LogP contribution in [0.5, 0.6) is 0 Å². The summed E-state index contributed by atoms with van der Waals surface area (Å²) < 4.78 is 5.56. The van der Waals surface area contributed by atoms with Gasteiger partial charge >= 0.3 is 6.01 Å². The maximum absolute atomic E-state index is 12.1. The Bertz CT molecular complexity index is 904. The molecule has 5 nitrogen and oxygen atoms in total. The predicted molar refractivity (Wildman–Crippen MR) is 108 cm³/mol. The van der Waals surface area contributed by atoms with Crippen molar-refractivity contribution in [1.82, 2.24) is 10.2 Å². The number of nitrogens with one attached hydrogen (secondary N) is 1. The van der Waals surface area contributed by atoms with Crippen LogP contribution in [0, 0.1) is 6.92 Å². The molecule has 0 aliphatic heterocycles. The van der Waals surface area contributed by atoms with E-state index in [1.54, 1.807) is 0 Å². The fraction of sp³-hybridized carbons (Fsp3) is 0.286. The Morgan fingerprint density at radius 1 is 1.11 bits per heavy atom. The lowest BCUT2D eigenvalue weighted by atomic mass is 10.1. The molecule has 2 aromatic carbocycles. The number of benzene rings is 2. The second kappa shape index (κ2) is 8.86. The highest BCUT2D eigenvalue weighted by Gasteiger charge is 2.11. The van der Waals surface area contributed by atoms with E-state index in [9.17, 15) is 4.79 Å². The molecule has 3 rings (SSSR count). The van der Waals surface area contributed by atoms with Crippen molar-refractivity contribution >= 4 is 23.7 Å². The zero-order valence-corrected chi connectivity index (χ0v) is 16.5. The smallest absolute Gasteiger partial charge is 0.322 e. The maximum atomic E-state index is 12.1. The molecule has 0 saturated carbocycles. The van der Waals surface area contributed by atoms with Gasteiger partial charge in [0.1, 0.15) is 0 Å². The lowest BCUT2D eigenvalue weighted by molar-refractivity contribution is -0.115. The third-order valence-corrected chi connectivity index (χ3v) is 4.83. The second-order valence-corrected chi connectivity index (χ2v) is 8.35. The van der Waals surface area contributed by atoms with Crippen LogP contribution in [-0.2, 0) is 17.6 Å². The van der Waals surface area contributed by atoms with Crippen molar-refractivity contribution in [2.45, 2.75) is 43.8 Å². The van der Waals surface area contributed by atoms with E-state index in [1.807, 2.05) is 43.0 Å². The molecule has 0 unspecified atom stereocenters. The Labute approximate surface area is 163 Å². The van der Waals surface area contributed by atoms with Crippen molar-refractivity contribution in [3.8, 4) is 0 Å². The van der Waals surface area contributed by atoms with Crippen LogP contribution in [0.15, 0.2) is 57.8 Å². The van der Waals surface area contributed by atoms with Gasteiger partial charge in [-0.1, -0.05) is 60.9 Å². The minimum atomic E-state index is -0.175. The molecule has 0 atom stereocenters. The lowest BCUT2D eigenvalue weighted by Crippen LogP contribution is -2.14. The van der Waals surface area contributed by atoms with E-state index in [4.69, 9.17) is 4.42 Å². The highest BCUT2D eigenvalue weighted by Crippen LogP contribution is 2.23. The molecule has 1 N–H and O–H groups in total. The van der Waals surface area contributed by atoms with Gasteiger partial charge in [0.05, 0.1) is 12.8 Å². The Balaban J connectivity index is 1.55. The summed E-state index contributed by atoms with van der Waals surface area (Å²) in [6, 6.07) is 16.3. The van der Waals surface area contributed by atoms with Crippen molar-refractivity contribution in [3.05, 3.63) is 71.1 Å². The van der Waals surface area contributed by atoms with E-state index in [2.05, 4.69) is 53.6 Å². The van der Waals surface area contributed by atoms with Crippen molar-refractivity contribution in [2.75, 3.05) is 5.32 Å². The first-order valence-electron chi connectivity index (χ1n) is 8.91. The highest BCUT2D eigenvalue weighted by molar-refractivity contribution is 7.99. The molecule has 0 saturated heterocycles. The summed E-state index contributed by atoms with van der Waals surface area (Å²) in [5.41, 5.74) is 3.16. The average molecular weight is 382 g/mol. The molecule has 0 spiro atoms. The number of aromatic nitrogens is 2. The van der Waals surface area contributed by atoms with Crippen LogP contribution in [0.4, 0.5) is 6.01 Å². The van der Waals surface area contributed by atoms with Gasteiger partial charge in [-0.05, 0) is 30.2 Å². The van der Waals surface area contributed by atoms with Crippen molar-refractivity contribution in [1.29, 1.82) is 0 Å². The van der Waals surface area contributed by atoms with Crippen LogP contribution in [0.1, 0.15) is 36.4 Å². The van der Waals surface area contributed by atoms with Gasteiger partial charge in [0.15, 0.2) is 0 Å². The molecule has 0 fully saturated rings. The summed E-state index contributed by atoms with van der Waals surface area (Å²) in [6.07, 6.45) is 0.807. The summed E-state index contributed by atoms with van der Waals surface area (Å²) >= 11 is 1.83. The predicted octanol–water partition coefficient (Wildman–Crippen LogP) is 4.65. The number of hydrogen-bond donors (Lipinski definition) is 1. The Kier molecular flexibility index (Phi) is 6.29. The van der Waals surface area contributed by atoms with E-state index in [1.165, 1.54) is 4.90 Å². The van der Waals surface area contributed by atoms with Gasteiger partial charge < -0.3 is 4.42 Å². The van der Waals surface area contributed by atoms with E-state index < -0.39 is 0 Å². The molecule has 0 aliphatic carbocycles. The summed E-state index contributed by atoms with van der Waals surface area (Å²) in [5.74, 6) is 0.302. The average Bonchev–Trinajstić information content (AvgIpc) is 3.03. The monoisotopic (exact) mass is 381 g/mol. The summed E-state index contributed by atoms with van der Waals surface area (Å²) in [6.45, 7) is 6.34. The molecule has 140 valence electrons. The van der Waals surface area contributed by atoms with Gasteiger partial charge in [-0.15, -0.1) is 16.9 Å². The minimum Gasteiger partial charge on any atom is -0.407 e. The van der Waals surface area contributed by atoms with E-state index in [0.717, 1.165) is 16.7 Å². The van der Waals surface area contributed by atoms with E-state index in [-0.39, 0.29) is 18.3 Å². The van der Waals surface area contributed by atoms with Crippen molar-refractivity contribution in [2.24, 2.45) is 0 Å². The second-order valence-electron chi connectivity index (χ2n) is 6.70. The molecule has 3 aromatic rings. The third kappa shape index (κ3) is 5.96. The van der Waals surface area contributed by atoms with Crippen molar-refractivity contribution < 1.29 is 9.21 Å². The number of thioether (sulfide) groups is 1. The molecule has 27 heavy (non-hydrogen) atoms. The van der Waals surface area contributed by atoms with Crippen LogP contribution in [-0.4, -0.2) is 21.4 Å². The molecule has 1 aromatic heterocycles. The van der Waals surface area contributed by atoms with Crippen LogP contribution < -0.4 is 5.32 Å². The fourth-order valence-electron chi connectivity index (χ4n) is 2.68. The highest BCUT2D eigenvalue weighted by atomic mass is 32.2. The van der Waals surface area contributed by atoms with Crippen LogP contribution in [0.25, 0.3) is 0 Å². The molecule has 0 aliphatic rings. The topological polar surface area (TPSA) is 68.0 Å². The molecule has 0 radical (unpaired) electrons. The van der Waals surface area contributed by atoms with Gasteiger partial charge in [0.2, 0.25) is 11.8 Å². The largest absolute Gasteiger partial charge is 0.407 e. The zero-order chi connectivity index (χ0) is 19.2.